The van der Waals surface area contributed by atoms with Gasteiger partial charge < -0.3 is 10.5 Å². The maximum Gasteiger partial charge on any atom is 0.232 e. The molecule has 182 valence electrons. The lowest BCUT2D eigenvalue weighted by molar-refractivity contribution is -0.132. The molecule has 1 saturated heterocycles. The van der Waals surface area contributed by atoms with E-state index in [-0.39, 0.29) is 24.3 Å². The number of nitrogens with two attached hydrogens (primary N) is 1. The maximum absolute atomic E-state index is 13.2. The fourth-order valence-electron chi connectivity index (χ4n) is 4.74. The van der Waals surface area contributed by atoms with Gasteiger partial charge in [0.25, 0.3) is 0 Å². The molecule has 1 fully saturated rings. The van der Waals surface area contributed by atoms with Gasteiger partial charge in [-0.15, -0.1) is 10.2 Å². The van der Waals surface area contributed by atoms with E-state index < -0.39 is 5.54 Å². The summed E-state index contributed by atoms with van der Waals surface area (Å²) < 4.78 is 5.43. The summed E-state index contributed by atoms with van der Waals surface area (Å²) in [5.74, 6) is 0.680. The summed E-state index contributed by atoms with van der Waals surface area (Å²) in [5, 5.41) is 12.6. The van der Waals surface area contributed by atoms with Crippen LogP contribution in [0.2, 0.25) is 5.02 Å². The van der Waals surface area contributed by atoms with Gasteiger partial charge in [-0.05, 0) is 47.7 Å². The Morgan fingerprint density at radius 3 is 2.69 bits per heavy atom. The largest absolute Gasteiger partial charge is 0.381 e. The van der Waals surface area contributed by atoms with Gasteiger partial charge in [-0.3, -0.25) is 14.7 Å². The van der Waals surface area contributed by atoms with Gasteiger partial charge in [0, 0.05) is 36.9 Å². The fourth-order valence-corrected chi connectivity index (χ4v) is 5.14. The predicted molar refractivity (Wildman–Crippen MR) is 131 cm³/mol. The Hall–Kier alpha value is -3.37. The monoisotopic (exact) mass is 494 g/mol. The average molecular weight is 495 g/mol. The van der Waals surface area contributed by atoms with Crippen molar-refractivity contribution in [1.82, 2.24) is 30.1 Å². The van der Waals surface area contributed by atoms with Gasteiger partial charge in [0.15, 0.2) is 5.96 Å². The lowest BCUT2D eigenvalue weighted by atomic mass is 9.85. The van der Waals surface area contributed by atoms with E-state index in [1.807, 2.05) is 37.3 Å². The van der Waals surface area contributed by atoms with Gasteiger partial charge in [-0.25, -0.2) is 4.99 Å². The van der Waals surface area contributed by atoms with E-state index in [0.29, 0.717) is 36.2 Å². The zero-order valence-corrected chi connectivity index (χ0v) is 20.4. The van der Waals surface area contributed by atoms with Crippen molar-refractivity contribution in [1.29, 1.82) is 0 Å². The number of carbonyl (C=O) groups is 1. The number of aryl methyl sites for hydroxylation is 1. The third-order valence-corrected chi connectivity index (χ3v) is 6.99. The molecule has 1 amide bonds. The molecule has 10 nitrogen and oxygen atoms in total. The highest BCUT2D eigenvalue weighted by Crippen LogP contribution is 2.39. The number of hydrogen-bond acceptors (Lipinski definition) is 8. The average Bonchev–Trinajstić information content (AvgIpc) is 3.27. The Kier molecular flexibility index (Phi) is 6.24. The molecule has 4 heterocycles. The van der Waals surface area contributed by atoms with Crippen molar-refractivity contribution in [3.8, 4) is 11.5 Å². The molecule has 0 aliphatic carbocycles. The number of amides is 1. The van der Waals surface area contributed by atoms with Crippen molar-refractivity contribution < 1.29 is 9.53 Å². The molecule has 0 bridgehead atoms. The highest BCUT2D eigenvalue weighted by atomic mass is 35.5. The number of hydrogen-bond donors (Lipinski definition) is 1. The Morgan fingerprint density at radius 1 is 1.23 bits per heavy atom. The molecule has 2 aliphatic rings. The van der Waals surface area contributed by atoms with Crippen LogP contribution in [0.15, 0.2) is 41.5 Å². The Bertz CT molecular complexity index is 1270. The van der Waals surface area contributed by atoms with E-state index in [1.165, 1.54) is 4.80 Å². The summed E-state index contributed by atoms with van der Waals surface area (Å²) in [5.41, 5.74) is 8.83. The molecule has 0 spiro atoms. The maximum atomic E-state index is 13.2. The number of halogens is 1. The standard InChI is InChI=1S/C24H27ClN8O2/c1-24(13-20(34)33(23(26)28-24)17-8-10-35-11-9-17)18-5-3-4-16(21(18)25)12-15-6-7-19(27-14-15)22-29-31-32(2)30-22/h3-7,14,17H,8-13H2,1-2H3,(H2,26,28)/t24-/m0/s1. The molecule has 35 heavy (non-hydrogen) atoms. The minimum absolute atomic E-state index is 0.0268. The molecule has 0 unspecified atom stereocenters. The van der Waals surface area contributed by atoms with Crippen LogP contribution in [0.1, 0.15) is 42.9 Å². The van der Waals surface area contributed by atoms with Gasteiger partial charge in [0.2, 0.25) is 11.7 Å². The molecule has 2 aliphatic heterocycles. The first-order valence-electron chi connectivity index (χ1n) is 11.6. The van der Waals surface area contributed by atoms with E-state index in [0.717, 1.165) is 29.5 Å². The third-order valence-electron chi connectivity index (χ3n) is 6.54. The lowest BCUT2D eigenvalue weighted by Crippen LogP contribution is -2.55. The molecule has 1 aromatic carbocycles. The van der Waals surface area contributed by atoms with E-state index in [4.69, 9.17) is 27.1 Å². The highest BCUT2D eigenvalue weighted by Gasteiger charge is 2.41. The van der Waals surface area contributed by atoms with Gasteiger partial charge in [0.05, 0.1) is 19.0 Å². The van der Waals surface area contributed by atoms with Crippen LogP contribution in [-0.4, -0.2) is 61.2 Å². The van der Waals surface area contributed by atoms with Gasteiger partial charge in [-0.2, -0.15) is 4.80 Å². The minimum Gasteiger partial charge on any atom is -0.381 e. The third kappa shape index (κ3) is 4.63. The number of carbonyl (C=O) groups excluding carboxylic acids is 1. The zero-order chi connectivity index (χ0) is 24.6. The summed E-state index contributed by atoms with van der Waals surface area (Å²) in [6, 6.07) is 9.68. The van der Waals surface area contributed by atoms with Crippen molar-refractivity contribution in [2.45, 2.75) is 44.2 Å². The predicted octanol–water partition coefficient (Wildman–Crippen LogP) is 2.46. The SMILES string of the molecule is Cn1nnc(-c2ccc(Cc3cccc([C@]4(C)CC(=O)N(C5CCOCC5)C(N)=N4)c3Cl)cn2)n1. The van der Waals surface area contributed by atoms with E-state index in [1.54, 1.807) is 18.1 Å². The van der Waals surface area contributed by atoms with Crippen LogP contribution in [-0.2, 0) is 28.5 Å². The van der Waals surface area contributed by atoms with Crippen LogP contribution in [0.25, 0.3) is 11.5 Å². The second-order valence-corrected chi connectivity index (χ2v) is 9.52. The Morgan fingerprint density at radius 2 is 2.03 bits per heavy atom. The minimum atomic E-state index is -0.838. The first-order chi connectivity index (χ1) is 16.8. The number of rotatable bonds is 5. The first-order valence-corrected chi connectivity index (χ1v) is 11.9. The Balaban J connectivity index is 1.39. The van der Waals surface area contributed by atoms with Crippen LogP contribution < -0.4 is 5.73 Å². The smallest absolute Gasteiger partial charge is 0.232 e. The first kappa shape index (κ1) is 23.4. The molecule has 0 radical (unpaired) electrons. The fraction of sp³-hybridized carbons (Fsp3) is 0.417. The number of guanidine groups is 1. The zero-order valence-electron chi connectivity index (χ0n) is 19.7. The summed E-state index contributed by atoms with van der Waals surface area (Å²) in [6.45, 7) is 3.16. The number of aliphatic imine (C=N–C) groups is 1. The van der Waals surface area contributed by atoms with Crippen molar-refractivity contribution in [3.63, 3.8) is 0 Å². The second-order valence-electron chi connectivity index (χ2n) is 9.14. The Labute approximate surface area is 208 Å². The summed E-state index contributed by atoms with van der Waals surface area (Å²) in [6.07, 6.45) is 4.08. The van der Waals surface area contributed by atoms with Crippen molar-refractivity contribution in [2.75, 3.05) is 13.2 Å². The molecule has 2 aromatic heterocycles. The van der Waals surface area contributed by atoms with Crippen LogP contribution >= 0.6 is 11.6 Å². The molecule has 3 aromatic rings. The molecule has 5 rings (SSSR count). The van der Waals surface area contributed by atoms with E-state index in [9.17, 15) is 4.79 Å². The number of ether oxygens (including phenoxy) is 1. The van der Waals surface area contributed by atoms with Crippen LogP contribution in [0.5, 0.6) is 0 Å². The van der Waals surface area contributed by atoms with Gasteiger partial charge in [-0.1, -0.05) is 35.9 Å². The van der Waals surface area contributed by atoms with E-state index >= 15 is 0 Å². The van der Waals surface area contributed by atoms with Gasteiger partial charge >= 0.3 is 0 Å². The number of pyridine rings is 1. The number of nitrogens with zero attached hydrogens (tertiary/aromatic N) is 7. The summed E-state index contributed by atoms with van der Waals surface area (Å²) in [4.78, 5) is 25.5. The second kappa shape index (κ2) is 9.35. The molecule has 11 heteroatoms. The topological polar surface area (TPSA) is 124 Å². The van der Waals surface area contributed by atoms with Crippen LogP contribution in [0, 0.1) is 0 Å². The summed E-state index contributed by atoms with van der Waals surface area (Å²) >= 11 is 6.89. The molecular formula is C24H27ClN8O2. The molecule has 1 atom stereocenters. The highest BCUT2D eigenvalue weighted by molar-refractivity contribution is 6.32. The molecule has 0 saturated carbocycles. The quantitative estimate of drug-likeness (QED) is 0.577. The lowest BCUT2D eigenvalue weighted by Gasteiger charge is -2.40. The van der Waals surface area contributed by atoms with Gasteiger partial charge in [0.1, 0.15) is 5.69 Å². The van der Waals surface area contributed by atoms with Crippen molar-refractivity contribution in [2.24, 2.45) is 17.8 Å². The van der Waals surface area contributed by atoms with Crippen LogP contribution in [0.4, 0.5) is 0 Å². The van der Waals surface area contributed by atoms with Crippen molar-refractivity contribution in [3.05, 3.63) is 58.2 Å². The normalized spacial score (nSPS) is 21.3. The number of benzene rings is 1. The van der Waals surface area contributed by atoms with Crippen LogP contribution in [0.3, 0.4) is 0 Å². The molecular weight excluding hydrogens is 468 g/mol. The number of tetrazole rings is 1. The summed E-state index contributed by atoms with van der Waals surface area (Å²) in [7, 11) is 1.71. The molecule has 2 N–H and O–H groups in total. The van der Waals surface area contributed by atoms with E-state index in [2.05, 4.69) is 20.4 Å². The number of aromatic nitrogens is 5. The van der Waals surface area contributed by atoms with Crippen molar-refractivity contribution >= 4 is 23.5 Å².